The van der Waals surface area contributed by atoms with Gasteiger partial charge in [-0.05, 0) is 17.9 Å². The smallest absolute Gasteiger partial charge is 0.347 e. The van der Waals surface area contributed by atoms with Crippen LogP contribution in [0.25, 0.3) is 10.6 Å². The lowest BCUT2D eigenvalue weighted by Crippen LogP contribution is -1.99. The average molecular weight is 309 g/mol. The van der Waals surface area contributed by atoms with E-state index < -0.39 is 5.97 Å². The lowest BCUT2D eigenvalue weighted by molar-refractivity contribution is 0.0697. The van der Waals surface area contributed by atoms with E-state index >= 15 is 0 Å². The van der Waals surface area contributed by atoms with Crippen LogP contribution in [0, 0.1) is 0 Å². The number of methoxy groups -OCH3 is 1. The number of hydrogen-bond acceptors (Lipinski definition) is 5. The Bertz CT molecular complexity index is 593. The molecule has 0 spiro atoms. The number of aromatic nitrogens is 1. The molecule has 0 amide bonds. The van der Waals surface area contributed by atoms with Gasteiger partial charge in [0.05, 0.1) is 12.3 Å². The van der Waals surface area contributed by atoms with Crippen molar-refractivity contribution in [3.63, 3.8) is 0 Å². The van der Waals surface area contributed by atoms with Gasteiger partial charge in [-0.3, -0.25) is 0 Å². The van der Waals surface area contributed by atoms with Crippen LogP contribution in [-0.4, -0.2) is 28.9 Å². The van der Waals surface area contributed by atoms with Crippen molar-refractivity contribution in [2.75, 3.05) is 12.9 Å². The zero-order valence-electron chi connectivity index (χ0n) is 11.3. The summed E-state index contributed by atoms with van der Waals surface area (Å²) in [6.45, 7) is 2.32. The number of hydrogen-bond donors (Lipinski definition) is 1. The van der Waals surface area contributed by atoms with Crippen molar-refractivity contribution in [3.05, 3.63) is 34.8 Å². The summed E-state index contributed by atoms with van der Waals surface area (Å²) in [4.78, 5) is 17.0. The van der Waals surface area contributed by atoms with Gasteiger partial charge in [-0.1, -0.05) is 19.1 Å². The normalized spacial score (nSPS) is 10.7. The number of carboxylic acid groups (broad SMARTS) is 1. The highest BCUT2D eigenvalue weighted by Gasteiger charge is 2.17. The van der Waals surface area contributed by atoms with Gasteiger partial charge in [0.15, 0.2) is 0 Å². The highest BCUT2D eigenvalue weighted by Crippen LogP contribution is 2.30. The molecule has 0 aliphatic carbocycles. The molecule has 4 nitrogen and oxygen atoms in total. The Balaban J connectivity index is 2.32. The van der Waals surface area contributed by atoms with Gasteiger partial charge in [0, 0.05) is 17.6 Å². The molecule has 0 unspecified atom stereocenters. The standard InChI is InChI=1S/C14H15NO3S2/c1-3-19-10-6-4-9(5-7-10)13-15-11(8-18-2)12(20-13)14(16)17/h4-7H,3,8H2,1-2H3,(H,16,17). The van der Waals surface area contributed by atoms with Gasteiger partial charge in [-0.2, -0.15) is 0 Å². The molecular weight excluding hydrogens is 294 g/mol. The largest absolute Gasteiger partial charge is 0.477 e. The zero-order valence-corrected chi connectivity index (χ0v) is 12.9. The van der Waals surface area contributed by atoms with Gasteiger partial charge in [0.25, 0.3) is 0 Å². The summed E-state index contributed by atoms with van der Waals surface area (Å²) in [5.41, 5.74) is 1.41. The van der Waals surface area contributed by atoms with E-state index in [2.05, 4.69) is 11.9 Å². The molecule has 106 valence electrons. The first kappa shape index (κ1) is 15.0. The second kappa shape index (κ2) is 6.88. The van der Waals surface area contributed by atoms with E-state index in [0.29, 0.717) is 10.7 Å². The summed E-state index contributed by atoms with van der Waals surface area (Å²) in [5, 5.41) is 9.89. The molecular formula is C14H15NO3S2. The maximum absolute atomic E-state index is 11.2. The van der Waals surface area contributed by atoms with Crippen LogP contribution in [0.2, 0.25) is 0 Å². The van der Waals surface area contributed by atoms with E-state index in [-0.39, 0.29) is 11.5 Å². The summed E-state index contributed by atoms with van der Waals surface area (Å²) in [7, 11) is 1.53. The fourth-order valence-corrected chi connectivity index (χ4v) is 3.31. The number of carboxylic acids is 1. The summed E-state index contributed by atoms with van der Waals surface area (Å²) < 4.78 is 5.00. The highest BCUT2D eigenvalue weighted by atomic mass is 32.2. The van der Waals surface area contributed by atoms with E-state index in [0.717, 1.165) is 11.3 Å². The van der Waals surface area contributed by atoms with Crippen LogP contribution in [0.15, 0.2) is 29.2 Å². The molecule has 0 aliphatic heterocycles. The minimum Gasteiger partial charge on any atom is -0.477 e. The summed E-state index contributed by atoms with van der Waals surface area (Å²) >= 11 is 2.95. The molecule has 0 aliphatic rings. The summed E-state index contributed by atoms with van der Waals surface area (Å²) in [6, 6.07) is 8.00. The molecule has 0 radical (unpaired) electrons. The maximum atomic E-state index is 11.2. The van der Waals surface area contributed by atoms with E-state index in [1.165, 1.54) is 23.3 Å². The molecule has 0 fully saturated rings. The Morgan fingerprint density at radius 2 is 2.10 bits per heavy atom. The van der Waals surface area contributed by atoms with E-state index in [1.54, 1.807) is 11.8 Å². The Morgan fingerprint density at radius 1 is 1.40 bits per heavy atom. The molecule has 0 bridgehead atoms. The molecule has 20 heavy (non-hydrogen) atoms. The minimum absolute atomic E-state index is 0.210. The fourth-order valence-electron chi connectivity index (χ4n) is 1.74. The molecule has 1 heterocycles. The van der Waals surface area contributed by atoms with Crippen molar-refractivity contribution < 1.29 is 14.6 Å². The van der Waals surface area contributed by atoms with E-state index in [1.807, 2.05) is 24.3 Å². The van der Waals surface area contributed by atoms with Crippen molar-refractivity contribution in [3.8, 4) is 10.6 Å². The number of thioether (sulfide) groups is 1. The Hall–Kier alpha value is -1.37. The maximum Gasteiger partial charge on any atom is 0.347 e. The zero-order chi connectivity index (χ0) is 14.5. The van der Waals surface area contributed by atoms with Gasteiger partial charge < -0.3 is 9.84 Å². The second-order valence-corrected chi connectivity index (χ2v) is 6.33. The lowest BCUT2D eigenvalue weighted by atomic mass is 10.2. The van der Waals surface area contributed by atoms with Crippen LogP contribution < -0.4 is 0 Å². The summed E-state index contributed by atoms with van der Waals surface area (Å²) in [6.07, 6.45) is 0. The van der Waals surface area contributed by atoms with Gasteiger partial charge in [-0.25, -0.2) is 9.78 Å². The molecule has 2 aromatic rings. The van der Waals surface area contributed by atoms with Gasteiger partial charge in [-0.15, -0.1) is 23.1 Å². The molecule has 1 aromatic heterocycles. The van der Waals surface area contributed by atoms with Crippen molar-refractivity contribution in [2.24, 2.45) is 0 Å². The average Bonchev–Trinajstić information content (AvgIpc) is 2.85. The second-order valence-electron chi connectivity index (χ2n) is 3.99. The van der Waals surface area contributed by atoms with Gasteiger partial charge in [0.2, 0.25) is 0 Å². The first-order valence-corrected chi connectivity index (χ1v) is 7.91. The van der Waals surface area contributed by atoms with Gasteiger partial charge >= 0.3 is 5.97 Å². The molecule has 0 atom stereocenters. The molecule has 1 aromatic carbocycles. The quantitative estimate of drug-likeness (QED) is 0.823. The minimum atomic E-state index is -0.959. The molecule has 1 N–H and O–H groups in total. The third kappa shape index (κ3) is 3.39. The number of benzene rings is 1. The molecule has 0 saturated heterocycles. The fraction of sp³-hybridized carbons (Fsp3) is 0.286. The summed E-state index contributed by atoms with van der Waals surface area (Å²) in [5.74, 6) is 0.0662. The number of aromatic carboxylic acids is 1. The lowest BCUT2D eigenvalue weighted by Gasteiger charge is -2.00. The Kier molecular flexibility index (Phi) is 5.17. The van der Waals surface area contributed by atoms with E-state index in [9.17, 15) is 9.90 Å². The molecule has 0 saturated carbocycles. The van der Waals surface area contributed by atoms with E-state index in [4.69, 9.17) is 4.74 Å². The number of nitrogens with zero attached hydrogens (tertiary/aromatic N) is 1. The van der Waals surface area contributed by atoms with Crippen molar-refractivity contribution in [1.29, 1.82) is 0 Å². The topological polar surface area (TPSA) is 59.4 Å². The molecule has 6 heteroatoms. The van der Waals surface area contributed by atoms with Crippen molar-refractivity contribution in [2.45, 2.75) is 18.4 Å². The number of carbonyl (C=O) groups is 1. The van der Waals surface area contributed by atoms with Gasteiger partial charge in [0.1, 0.15) is 9.88 Å². The third-order valence-electron chi connectivity index (χ3n) is 2.58. The van der Waals surface area contributed by atoms with Crippen molar-refractivity contribution in [1.82, 2.24) is 4.98 Å². The van der Waals surface area contributed by atoms with Crippen LogP contribution in [0.3, 0.4) is 0 Å². The Morgan fingerprint density at radius 3 is 2.65 bits per heavy atom. The van der Waals surface area contributed by atoms with Crippen LogP contribution in [-0.2, 0) is 11.3 Å². The SMILES string of the molecule is CCSc1ccc(-c2nc(COC)c(C(=O)O)s2)cc1. The first-order chi connectivity index (χ1) is 9.65. The van der Waals surface area contributed by atoms with Crippen molar-refractivity contribution >= 4 is 29.1 Å². The Labute approximate surface area is 125 Å². The predicted molar refractivity (Wildman–Crippen MR) is 81.6 cm³/mol. The predicted octanol–water partition coefficient (Wildman–Crippen LogP) is 3.77. The number of thiazole rings is 1. The first-order valence-electron chi connectivity index (χ1n) is 6.10. The van der Waals surface area contributed by atoms with Crippen LogP contribution in [0.1, 0.15) is 22.3 Å². The van der Waals surface area contributed by atoms with Crippen LogP contribution in [0.4, 0.5) is 0 Å². The molecule has 2 rings (SSSR count). The highest BCUT2D eigenvalue weighted by molar-refractivity contribution is 7.99. The van der Waals surface area contributed by atoms with Crippen LogP contribution in [0.5, 0.6) is 0 Å². The third-order valence-corrected chi connectivity index (χ3v) is 4.61. The van der Waals surface area contributed by atoms with Crippen LogP contribution >= 0.6 is 23.1 Å². The monoisotopic (exact) mass is 309 g/mol. The number of ether oxygens (including phenoxy) is 1. The number of rotatable bonds is 6.